The third kappa shape index (κ3) is 2.84. The molecule has 0 saturated heterocycles. The first kappa shape index (κ1) is 12.3. The number of hydrogen-bond acceptors (Lipinski definition) is 4. The Balaban J connectivity index is 3.09. The van der Waals surface area contributed by atoms with Crippen molar-refractivity contribution in [2.75, 3.05) is 13.2 Å². The maximum Gasteiger partial charge on any atom is 0.365 e. The highest BCUT2D eigenvalue weighted by Crippen LogP contribution is 2.46. The summed E-state index contributed by atoms with van der Waals surface area (Å²) in [5, 5.41) is -0.117. The second-order valence-corrected chi connectivity index (χ2v) is 4.64. The molecule has 0 aliphatic heterocycles. The van der Waals surface area contributed by atoms with E-state index in [1.807, 2.05) is 0 Å². The predicted molar refractivity (Wildman–Crippen MR) is 54.7 cm³/mol. The first-order valence-corrected chi connectivity index (χ1v) is 6.18. The highest BCUT2D eigenvalue weighted by atomic mass is 31.2. The zero-order valence-corrected chi connectivity index (χ0v) is 9.54. The molecule has 1 rings (SSSR count). The van der Waals surface area contributed by atoms with Gasteiger partial charge in [-0.15, -0.1) is 0 Å². The van der Waals surface area contributed by atoms with E-state index < -0.39 is 13.5 Å². The molecule has 0 aromatic carbocycles. The van der Waals surface area contributed by atoms with Gasteiger partial charge in [0.05, 0.1) is 13.2 Å². The maximum atomic E-state index is 13.3. The van der Waals surface area contributed by atoms with Gasteiger partial charge in [0.1, 0.15) is 5.30 Å². The van der Waals surface area contributed by atoms with Crippen molar-refractivity contribution in [3.8, 4) is 0 Å². The number of rotatable bonds is 5. The Morgan fingerprint density at radius 1 is 1.40 bits per heavy atom. The second-order valence-electron chi connectivity index (χ2n) is 2.65. The molecular weight excluding hydrogens is 220 g/mol. The fourth-order valence-electron chi connectivity index (χ4n) is 1.10. The summed E-state index contributed by atoms with van der Waals surface area (Å²) < 4.78 is 35.4. The summed E-state index contributed by atoms with van der Waals surface area (Å²) >= 11 is 0. The van der Waals surface area contributed by atoms with Crippen molar-refractivity contribution in [1.82, 2.24) is 4.98 Å². The standard InChI is InChI=1S/C9H13FNO3P/c1-3-13-15(12,14-4-2)8-6-5-7-11-9(8)10/h5-7H,3-4H2,1-2H3. The van der Waals surface area contributed by atoms with Crippen molar-refractivity contribution in [3.63, 3.8) is 0 Å². The quantitative estimate of drug-likeness (QED) is 0.577. The topological polar surface area (TPSA) is 48.4 Å². The molecule has 1 aromatic rings. The average Bonchev–Trinajstić information content (AvgIpc) is 2.19. The Bertz CT molecular complexity index is 362. The van der Waals surface area contributed by atoms with Gasteiger partial charge >= 0.3 is 7.60 Å². The SMILES string of the molecule is CCOP(=O)(OCC)c1cccnc1F. The molecule has 0 amide bonds. The van der Waals surface area contributed by atoms with E-state index in [1.165, 1.54) is 18.3 Å². The maximum absolute atomic E-state index is 13.3. The Morgan fingerprint density at radius 3 is 2.47 bits per heavy atom. The van der Waals surface area contributed by atoms with Gasteiger partial charge in [-0.05, 0) is 26.0 Å². The van der Waals surface area contributed by atoms with E-state index in [4.69, 9.17) is 9.05 Å². The number of aromatic nitrogens is 1. The number of nitrogens with zero attached hydrogens (tertiary/aromatic N) is 1. The van der Waals surface area contributed by atoms with E-state index in [0.717, 1.165) is 0 Å². The van der Waals surface area contributed by atoms with Crippen molar-refractivity contribution in [3.05, 3.63) is 24.3 Å². The van der Waals surface area contributed by atoms with Gasteiger partial charge in [-0.3, -0.25) is 4.57 Å². The molecule has 0 saturated carbocycles. The first-order valence-electron chi connectivity index (χ1n) is 4.64. The molecule has 0 spiro atoms. The van der Waals surface area contributed by atoms with Crippen molar-refractivity contribution in [2.24, 2.45) is 0 Å². The van der Waals surface area contributed by atoms with Gasteiger partial charge in [0.2, 0.25) is 5.95 Å². The fraction of sp³-hybridized carbons (Fsp3) is 0.444. The minimum atomic E-state index is -3.55. The molecule has 0 N–H and O–H groups in total. The van der Waals surface area contributed by atoms with Gasteiger partial charge in [0.15, 0.2) is 0 Å². The monoisotopic (exact) mass is 233 g/mol. The predicted octanol–water partition coefficient (Wildman–Crippen LogP) is 2.11. The van der Waals surface area contributed by atoms with Crippen molar-refractivity contribution >= 4 is 12.9 Å². The van der Waals surface area contributed by atoms with E-state index >= 15 is 0 Å². The van der Waals surface area contributed by atoms with Gasteiger partial charge in [0.25, 0.3) is 0 Å². The van der Waals surface area contributed by atoms with Gasteiger partial charge < -0.3 is 9.05 Å². The van der Waals surface area contributed by atoms with Crippen LogP contribution in [0.2, 0.25) is 0 Å². The van der Waals surface area contributed by atoms with Crippen LogP contribution in [-0.4, -0.2) is 18.2 Å². The van der Waals surface area contributed by atoms with Crippen LogP contribution in [0.5, 0.6) is 0 Å². The minimum absolute atomic E-state index is 0.117. The normalized spacial score (nSPS) is 11.7. The van der Waals surface area contributed by atoms with Gasteiger partial charge in [0, 0.05) is 6.20 Å². The van der Waals surface area contributed by atoms with E-state index in [9.17, 15) is 8.96 Å². The number of pyridine rings is 1. The van der Waals surface area contributed by atoms with Crippen LogP contribution in [0, 0.1) is 5.95 Å². The van der Waals surface area contributed by atoms with E-state index in [-0.39, 0.29) is 18.5 Å². The zero-order valence-electron chi connectivity index (χ0n) is 8.64. The van der Waals surface area contributed by atoms with E-state index in [2.05, 4.69) is 4.98 Å². The zero-order chi connectivity index (χ0) is 11.3. The van der Waals surface area contributed by atoms with Crippen LogP contribution in [0.1, 0.15) is 13.8 Å². The largest absolute Gasteiger partial charge is 0.365 e. The molecule has 0 unspecified atom stereocenters. The lowest BCUT2D eigenvalue weighted by Crippen LogP contribution is -2.15. The summed E-state index contributed by atoms with van der Waals surface area (Å²) in [4.78, 5) is 3.41. The lowest BCUT2D eigenvalue weighted by Gasteiger charge is -2.16. The van der Waals surface area contributed by atoms with Gasteiger partial charge in [-0.1, -0.05) is 0 Å². The van der Waals surface area contributed by atoms with Gasteiger partial charge in [-0.2, -0.15) is 4.39 Å². The molecule has 0 bridgehead atoms. The summed E-state index contributed by atoms with van der Waals surface area (Å²) in [7, 11) is -3.55. The van der Waals surface area contributed by atoms with Crippen molar-refractivity contribution < 1.29 is 18.0 Å². The molecule has 84 valence electrons. The smallest absolute Gasteiger partial charge is 0.305 e. The number of halogens is 1. The Labute approximate surface area is 88.0 Å². The molecule has 0 radical (unpaired) electrons. The fourth-order valence-corrected chi connectivity index (χ4v) is 2.68. The van der Waals surface area contributed by atoms with Crippen LogP contribution in [0.25, 0.3) is 0 Å². The lowest BCUT2D eigenvalue weighted by atomic mass is 10.5. The molecule has 0 fully saturated rings. The van der Waals surface area contributed by atoms with Gasteiger partial charge in [-0.25, -0.2) is 4.98 Å². The summed E-state index contributed by atoms with van der Waals surface area (Å²) in [5.74, 6) is -0.817. The molecule has 1 aromatic heterocycles. The van der Waals surface area contributed by atoms with Crippen LogP contribution in [0.15, 0.2) is 18.3 Å². The third-order valence-electron chi connectivity index (χ3n) is 1.63. The van der Waals surface area contributed by atoms with Crippen molar-refractivity contribution in [2.45, 2.75) is 13.8 Å². The average molecular weight is 233 g/mol. The van der Waals surface area contributed by atoms with Crippen LogP contribution < -0.4 is 5.30 Å². The molecule has 0 aliphatic rings. The minimum Gasteiger partial charge on any atom is -0.305 e. The summed E-state index contributed by atoms with van der Waals surface area (Å²) in [6.07, 6.45) is 1.28. The summed E-state index contributed by atoms with van der Waals surface area (Å²) in [6.45, 7) is 3.71. The molecule has 0 atom stereocenters. The lowest BCUT2D eigenvalue weighted by molar-refractivity contribution is 0.229. The summed E-state index contributed by atoms with van der Waals surface area (Å²) in [5.41, 5.74) is 0. The van der Waals surface area contributed by atoms with Crippen LogP contribution in [0.3, 0.4) is 0 Å². The number of hydrogen-bond donors (Lipinski definition) is 0. The Morgan fingerprint density at radius 2 is 2.00 bits per heavy atom. The van der Waals surface area contributed by atoms with E-state index in [1.54, 1.807) is 13.8 Å². The molecule has 6 heteroatoms. The molecule has 1 heterocycles. The first-order chi connectivity index (χ1) is 7.14. The third-order valence-corrected chi connectivity index (χ3v) is 3.75. The second kappa shape index (κ2) is 5.35. The van der Waals surface area contributed by atoms with E-state index in [0.29, 0.717) is 0 Å². The Hall–Kier alpha value is -0.770. The van der Waals surface area contributed by atoms with Crippen molar-refractivity contribution in [1.29, 1.82) is 0 Å². The molecule has 4 nitrogen and oxygen atoms in total. The molecule has 0 aliphatic carbocycles. The summed E-state index contributed by atoms with van der Waals surface area (Å²) in [6, 6.07) is 2.84. The Kier molecular flexibility index (Phi) is 4.39. The molecular formula is C9H13FNO3P. The highest BCUT2D eigenvalue weighted by Gasteiger charge is 2.30. The van der Waals surface area contributed by atoms with Crippen LogP contribution in [0.4, 0.5) is 4.39 Å². The van der Waals surface area contributed by atoms with Crippen LogP contribution in [-0.2, 0) is 13.6 Å². The van der Waals surface area contributed by atoms with Crippen LogP contribution >= 0.6 is 7.60 Å². The molecule has 15 heavy (non-hydrogen) atoms. The highest BCUT2D eigenvalue weighted by molar-refractivity contribution is 7.62.